The van der Waals surface area contributed by atoms with Gasteiger partial charge >= 0.3 is 5.97 Å². The molecule has 1 aliphatic rings. The van der Waals surface area contributed by atoms with E-state index in [9.17, 15) is 9.59 Å². The number of carboxylic acid groups (broad SMARTS) is 1. The van der Waals surface area contributed by atoms with E-state index in [1.54, 1.807) is 18.2 Å². The van der Waals surface area contributed by atoms with Crippen molar-refractivity contribution in [3.8, 4) is 0 Å². The van der Waals surface area contributed by atoms with Crippen molar-refractivity contribution in [1.29, 1.82) is 0 Å². The standard InChI is InChI=1S/C19H15BrN2O3S/c1-10-7-14(8-11(2)16(10)20)21-19-22-17(23)15(26-19)9-12-3-5-13(6-4-12)18(24)25/h3-9H,1-2H3,(H,24,25)(H,21,22,23)/b15-9-. The summed E-state index contributed by atoms with van der Waals surface area (Å²) in [6.45, 7) is 3.99. The van der Waals surface area contributed by atoms with Crippen LogP contribution in [0.4, 0.5) is 5.69 Å². The first-order valence-electron chi connectivity index (χ1n) is 7.73. The number of thioether (sulfide) groups is 1. The summed E-state index contributed by atoms with van der Waals surface area (Å²) in [5.74, 6) is -1.20. The van der Waals surface area contributed by atoms with Crippen molar-refractivity contribution < 1.29 is 14.7 Å². The van der Waals surface area contributed by atoms with Gasteiger partial charge in [0, 0.05) is 4.47 Å². The van der Waals surface area contributed by atoms with E-state index in [1.165, 1.54) is 23.9 Å². The Hall–Kier alpha value is -2.38. The predicted molar refractivity (Wildman–Crippen MR) is 108 cm³/mol. The van der Waals surface area contributed by atoms with Gasteiger partial charge in [0.1, 0.15) is 0 Å². The first-order valence-corrected chi connectivity index (χ1v) is 9.34. The van der Waals surface area contributed by atoms with E-state index in [0.29, 0.717) is 10.1 Å². The Morgan fingerprint density at radius 1 is 1.19 bits per heavy atom. The highest BCUT2D eigenvalue weighted by Crippen LogP contribution is 2.31. The number of carbonyl (C=O) groups excluding carboxylic acids is 1. The van der Waals surface area contributed by atoms with E-state index in [2.05, 4.69) is 26.2 Å². The molecule has 132 valence electrons. The second-order valence-corrected chi connectivity index (χ2v) is 7.63. The molecule has 0 aromatic heterocycles. The van der Waals surface area contributed by atoms with Gasteiger partial charge in [-0.25, -0.2) is 9.79 Å². The number of benzene rings is 2. The molecule has 1 saturated heterocycles. The molecule has 0 atom stereocenters. The number of rotatable bonds is 3. The van der Waals surface area contributed by atoms with Gasteiger partial charge in [-0.2, -0.15) is 0 Å². The number of amidine groups is 1. The van der Waals surface area contributed by atoms with Gasteiger partial charge in [-0.05, 0) is 72.6 Å². The summed E-state index contributed by atoms with van der Waals surface area (Å²) in [4.78, 5) is 28.1. The molecule has 1 fully saturated rings. The molecule has 2 aromatic rings. The average molecular weight is 431 g/mol. The molecule has 0 saturated carbocycles. The van der Waals surface area contributed by atoms with Gasteiger partial charge in [0.2, 0.25) is 0 Å². The molecule has 3 rings (SSSR count). The van der Waals surface area contributed by atoms with Crippen LogP contribution in [0, 0.1) is 13.8 Å². The summed E-state index contributed by atoms with van der Waals surface area (Å²) in [5, 5.41) is 12.2. The fourth-order valence-electron chi connectivity index (χ4n) is 2.46. The third kappa shape index (κ3) is 4.05. The van der Waals surface area contributed by atoms with Gasteiger partial charge in [-0.1, -0.05) is 28.1 Å². The van der Waals surface area contributed by atoms with Crippen LogP contribution in [0.1, 0.15) is 27.0 Å². The number of hydrogen-bond donors (Lipinski definition) is 2. The Bertz CT molecular complexity index is 942. The summed E-state index contributed by atoms with van der Waals surface area (Å²) < 4.78 is 1.05. The zero-order chi connectivity index (χ0) is 18.8. The molecule has 1 amide bonds. The van der Waals surface area contributed by atoms with Gasteiger partial charge in [-0.3, -0.25) is 4.79 Å². The Balaban J connectivity index is 1.83. The normalized spacial score (nSPS) is 17.0. The molecule has 2 N–H and O–H groups in total. The predicted octanol–water partition coefficient (Wildman–Crippen LogP) is 4.66. The lowest BCUT2D eigenvalue weighted by atomic mass is 10.1. The largest absolute Gasteiger partial charge is 0.478 e. The molecular formula is C19H15BrN2O3S. The van der Waals surface area contributed by atoms with Crippen molar-refractivity contribution in [1.82, 2.24) is 5.32 Å². The molecule has 26 heavy (non-hydrogen) atoms. The van der Waals surface area contributed by atoms with Gasteiger partial charge < -0.3 is 10.4 Å². The van der Waals surface area contributed by atoms with Crippen molar-refractivity contribution in [2.24, 2.45) is 4.99 Å². The molecule has 0 unspecified atom stereocenters. The quantitative estimate of drug-likeness (QED) is 0.694. The minimum absolute atomic E-state index is 0.207. The lowest BCUT2D eigenvalue weighted by molar-refractivity contribution is -0.115. The van der Waals surface area contributed by atoms with Crippen LogP contribution in [0.2, 0.25) is 0 Å². The number of hydrogen-bond acceptors (Lipinski definition) is 4. The fraction of sp³-hybridized carbons (Fsp3) is 0.105. The van der Waals surface area contributed by atoms with Crippen molar-refractivity contribution >= 4 is 56.5 Å². The van der Waals surface area contributed by atoms with Crippen LogP contribution in [-0.4, -0.2) is 22.2 Å². The molecule has 0 bridgehead atoms. The zero-order valence-corrected chi connectivity index (χ0v) is 16.4. The number of aromatic carboxylic acids is 1. The number of aliphatic imine (C=N–C) groups is 1. The average Bonchev–Trinajstić information content (AvgIpc) is 2.92. The topological polar surface area (TPSA) is 78.8 Å². The summed E-state index contributed by atoms with van der Waals surface area (Å²) in [6, 6.07) is 10.2. The Morgan fingerprint density at radius 2 is 1.81 bits per heavy atom. The third-order valence-electron chi connectivity index (χ3n) is 3.76. The lowest BCUT2D eigenvalue weighted by Gasteiger charge is -2.04. The summed E-state index contributed by atoms with van der Waals surface area (Å²) in [6.07, 6.45) is 1.71. The maximum absolute atomic E-state index is 12.2. The van der Waals surface area contributed by atoms with Gasteiger partial charge in [0.25, 0.3) is 5.91 Å². The van der Waals surface area contributed by atoms with Crippen LogP contribution in [0.15, 0.2) is 50.8 Å². The van der Waals surface area contributed by atoms with Crippen molar-refractivity contribution in [2.45, 2.75) is 13.8 Å². The third-order valence-corrected chi connectivity index (χ3v) is 5.92. The number of amides is 1. The molecule has 1 aliphatic heterocycles. The van der Waals surface area contributed by atoms with E-state index in [1.807, 2.05) is 26.0 Å². The van der Waals surface area contributed by atoms with Crippen molar-refractivity contribution in [2.75, 3.05) is 0 Å². The van der Waals surface area contributed by atoms with Crippen LogP contribution in [0.25, 0.3) is 6.08 Å². The van der Waals surface area contributed by atoms with E-state index < -0.39 is 5.97 Å². The maximum Gasteiger partial charge on any atom is 0.335 e. The second-order valence-electron chi connectivity index (χ2n) is 5.80. The van der Waals surface area contributed by atoms with Crippen molar-refractivity contribution in [3.63, 3.8) is 0 Å². The van der Waals surface area contributed by atoms with Crippen LogP contribution in [0.3, 0.4) is 0 Å². The molecule has 0 radical (unpaired) electrons. The molecular weight excluding hydrogens is 416 g/mol. The Morgan fingerprint density at radius 3 is 2.38 bits per heavy atom. The minimum Gasteiger partial charge on any atom is -0.478 e. The van der Waals surface area contributed by atoms with Gasteiger partial charge in [0.15, 0.2) is 5.17 Å². The molecule has 2 aromatic carbocycles. The fourth-order valence-corrected chi connectivity index (χ4v) is 3.53. The van der Waals surface area contributed by atoms with E-state index in [4.69, 9.17) is 5.11 Å². The van der Waals surface area contributed by atoms with Crippen LogP contribution < -0.4 is 5.32 Å². The molecule has 0 aliphatic carbocycles. The summed E-state index contributed by atoms with van der Waals surface area (Å²) >= 11 is 4.78. The number of carbonyl (C=O) groups is 2. The molecule has 7 heteroatoms. The maximum atomic E-state index is 12.2. The molecule has 0 spiro atoms. The highest BCUT2D eigenvalue weighted by molar-refractivity contribution is 9.10. The highest BCUT2D eigenvalue weighted by atomic mass is 79.9. The zero-order valence-electron chi connectivity index (χ0n) is 14.0. The second kappa shape index (κ2) is 7.47. The summed E-state index contributed by atoms with van der Waals surface area (Å²) in [5.41, 5.74) is 3.89. The number of halogens is 1. The monoisotopic (exact) mass is 430 g/mol. The SMILES string of the molecule is Cc1cc(N=C2NC(=O)/C(=C/c3ccc(C(=O)O)cc3)S2)cc(C)c1Br. The van der Waals surface area contributed by atoms with E-state index >= 15 is 0 Å². The van der Waals surface area contributed by atoms with Gasteiger partial charge in [-0.15, -0.1) is 0 Å². The highest BCUT2D eigenvalue weighted by Gasteiger charge is 2.24. The molecule has 1 heterocycles. The number of aryl methyl sites for hydroxylation is 2. The number of nitrogens with zero attached hydrogens (tertiary/aromatic N) is 1. The van der Waals surface area contributed by atoms with Crippen molar-refractivity contribution in [3.05, 3.63) is 68.0 Å². The number of nitrogens with one attached hydrogen (secondary N) is 1. The first-order chi connectivity index (χ1) is 12.3. The Labute approximate surface area is 163 Å². The van der Waals surface area contributed by atoms with E-state index in [0.717, 1.165) is 26.9 Å². The minimum atomic E-state index is -0.980. The summed E-state index contributed by atoms with van der Waals surface area (Å²) in [7, 11) is 0. The van der Waals surface area contributed by atoms with Gasteiger partial charge in [0.05, 0.1) is 16.2 Å². The Kier molecular flexibility index (Phi) is 5.29. The smallest absolute Gasteiger partial charge is 0.335 e. The van der Waals surface area contributed by atoms with Crippen LogP contribution in [0.5, 0.6) is 0 Å². The first kappa shape index (κ1) is 18.4. The van der Waals surface area contributed by atoms with E-state index in [-0.39, 0.29) is 11.5 Å². The van der Waals surface area contributed by atoms with Crippen LogP contribution >= 0.6 is 27.7 Å². The van der Waals surface area contributed by atoms with Crippen LogP contribution in [-0.2, 0) is 4.79 Å². The number of carboxylic acids is 1. The lowest BCUT2D eigenvalue weighted by Crippen LogP contribution is -2.19. The molecule has 5 nitrogen and oxygen atoms in total.